The highest BCUT2D eigenvalue weighted by atomic mass is 16.5. The molecule has 1 aromatic rings. The highest BCUT2D eigenvalue weighted by Gasteiger charge is 2.59. The Balaban J connectivity index is 1.50. The molecule has 1 spiro atoms. The molecular formula is C20H35N5O. The molecule has 0 bridgehead atoms. The first kappa shape index (κ1) is 19.2. The Kier molecular flexibility index (Phi) is 6.22. The zero-order valence-electron chi connectivity index (χ0n) is 16.8. The highest BCUT2D eigenvalue weighted by Crippen LogP contribution is 2.57. The van der Waals surface area contributed by atoms with E-state index in [2.05, 4.69) is 47.3 Å². The van der Waals surface area contributed by atoms with Crippen LogP contribution in [0.2, 0.25) is 0 Å². The van der Waals surface area contributed by atoms with Crippen molar-refractivity contribution in [1.82, 2.24) is 20.4 Å². The smallest absolute Gasteiger partial charge is 0.191 e. The van der Waals surface area contributed by atoms with Crippen molar-refractivity contribution in [3.8, 4) is 0 Å². The maximum Gasteiger partial charge on any atom is 0.191 e. The Hall–Kier alpha value is -1.56. The Morgan fingerprint density at radius 3 is 2.77 bits per heavy atom. The SMILES string of the molecule is CCNC(=NCCCn1nc(C)cc1C)NC1CC(OCC)C12CCC2. The number of hydrogen-bond donors (Lipinski definition) is 2. The monoisotopic (exact) mass is 361 g/mol. The largest absolute Gasteiger partial charge is 0.378 e. The zero-order chi connectivity index (χ0) is 18.6. The van der Waals surface area contributed by atoms with Crippen molar-refractivity contribution in [1.29, 1.82) is 0 Å². The first-order valence-electron chi connectivity index (χ1n) is 10.3. The molecule has 1 aromatic heterocycles. The van der Waals surface area contributed by atoms with Crippen LogP contribution in [0, 0.1) is 19.3 Å². The number of ether oxygens (including phenoxy) is 1. The molecular weight excluding hydrogens is 326 g/mol. The van der Waals surface area contributed by atoms with Crippen molar-refractivity contribution >= 4 is 5.96 Å². The molecule has 0 aliphatic heterocycles. The first-order chi connectivity index (χ1) is 12.6. The molecule has 6 nitrogen and oxygen atoms in total. The van der Waals surface area contributed by atoms with Crippen molar-refractivity contribution in [2.24, 2.45) is 10.4 Å². The average Bonchev–Trinajstić information content (AvgIpc) is 2.86. The normalized spacial score (nSPS) is 24.2. The van der Waals surface area contributed by atoms with E-state index >= 15 is 0 Å². The predicted octanol–water partition coefficient (Wildman–Crippen LogP) is 2.79. The van der Waals surface area contributed by atoms with Crippen molar-refractivity contribution in [3.05, 3.63) is 17.5 Å². The third kappa shape index (κ3) is 3.90. The van der Waals surface area contributed by atoms with Gasteiger partial charge in [-0.15, -0.1) is 0 Å². The van der Waals surface area contributed by atoms with Gasteiger partial charge in [0.25, 0.3) is 0 Å². The molecule has 2 N–H and O–H groups in total. The summed E-state index contributed by atoms with van der Waals surface area (Å²) in [4.78, 5) is 4.79. The van der Waals surface area contributed by atoms with Gasteiger partial charge in [-0.25, -0.2) is 0 Å². The lowest BCUT2D eigenvalue weighted by Gasteiger charge is -2.61. The number of nitrogens with zero attached hydrogens (tertiary/aromatic N) is 3. The van der Waals surface area contributed by atoms with Crippen LogP contribution in [-0.2, 0) is 11.3 Å². The van der Waals surface area contributed by atoms with Gasteiger partial charge in [0, 0.05) is 43.4 Å². The van der Waals surface area contributed by atoms with Crippen molar-refractivity contribution in [2.75, 3.05) is 19.7 Å². The lowest BCUT2D eigenvalue weighted by Crippen LogP contribution is -2.68. The summed E-state index contributed by atoms with van der Waals surface area (Å²) in [6.07, 6.45) is 6.43. The average molecular weight is 362 g/mol. The Morgan fingerprint density at radius 1 is 1.38 bits per heavy atom. The number of guanidine groups is 1. The Labute approximate surface area is 157 Å². The molecule has 146 valence electrons. The van der Waals surface area contributed by atoms with Gasteiger partial charge in [0.15, 0.2) is 5.96 Å². The third-order valence-electron chi connectivity index (χ3n) is 5.99. The van der Waals surface area contributed by atoms with Crippen LogP contribution >= 0.6 is 0 Å². The fraction of sp³-hybridized carbons (Fsp3) is 0.800. The summed E-state index contributed by atoms with van der Waals surface area (Å²) in [6, 6.07) is 2.62. The van der Waals surface area contributed by atoms with Gasteiger partial charge < -0.3 is 15.4 Å². The third-order valence-corrected chi connectivity index (χ3v) is 5.99. The van der Waals surface area contributed by atoms with Crippen molar-refractivity contribution < 1.29 is 4.74 Å². The second-order valence-corrected chi connectivity index (χ2v) is 7.73. The van der Waals surface area contributed by atoms with E-state index in [0.717, 1.165) is 50.7 Å². The van der Waals surface area contributed by atoms with Crippen LogP contribution in [0.15, 0.2) is 11.1 Å². The van der Waals surface area contributed by atoms with Gasteiger partial charge in [0.2, 0.25) is 0 Å². The molecule has 2 saturated carbocycles. The minimum Gasteiger partial charge on any atom is -0.378 e. The molecule has 0 amide bonds. The number of nitrogens with one attached hydrogen (secondary N) is 2. The highest BCUT2D eigenvalue weighted by molar-refractivity contribution is 5.80. The molecule has 26 heavy (non-hydrogen) atoms. The molecule has 2 aliphatic carbocycles. The lowest BCUT2D eigenvalue weighted by molar-refractivity contribution is -0.168. The number of aromatic nitrogens is 2. The van der Waals surface area contributed by atoms with Gasteiger partial charge in [-0.2, -0.15) is 5.10 Å². The molecule has 6 heteroatoms. The molecule has 0 aromatic carbocycles. The topological polar surface area (TPSA) is 63.5 Å². The summed E-state index contributed by atoms with van der Waals surface area (Å²) >= 11 is 0. The molecule has 2 unspecified atom stereocenters. The fourth-order valence-corrected chi connectivity index (χ4v) is 4.44. The van der Waals surface area contributed by atoms with Crippen LogP contribution in [0.3, 0.4) is 0 Å². The van der Waals surface area contributed by atoms with E-state index in [-0.39, 0.29) is 0 Å². The van der Waals surface area contributed by atoms with Crippen LogP contribution in [0.5, 0.6) is 0 Å². The van der Waals surface area contributed by atoms with Crippen molar-refractivity contribution in [3.63, 3.8) is 0 Å². The van der Waals surface area contributed by atoms with E-state index in [1.54, 1.807) is 0 Å². The molecule has 0 saturated heterocycles. The fourth-order valence-electron chi connectivity index (χ4n) is 4.44. The number of hydrogen-bond acceptors (Lipinski definition) is 3. The van der Waals surface area contributed by atoms with Gasteiger partial charge in [-0.1, -0.05) is 6.42 Å². The quantitative estimate of drug-likeness (QED) is 0.425. The van der Waals surface area contributed by atoms with Crippen LogP contribution in [0.25, 0.3) is 0 Å². The second kappa shape index (κ2) is 8.42. The maximum absolute atomic E-state index is 5.96. The summed E-state index contributed by atoms with van der Waals surface area (Å²) in [5.41, 5.74) is 2.66. The van der Waals surface area contributed by atoms with E-state index in [1.807, 2.05) is 6.92 Å². The Morgan fingerprint density at radius 2 is 2.19 bits per heavy atom. The first-order valence-corrected chi connectivity index (χ1v) is 10.3. The van der Waals surface area contributed by atoms with Crippen molar-refractivity contribution in [2.45, 2.75) is 78.5 Å². The molecule has 2 aliphatic rings. The number of aliphatic imine (C=N–C) groups is 1. The molecule has 2 fully saturated rings. The summed E-state index contributed by atoms with van der Waals surface area (Å²) in [5.74, 6) is 0.951. The molecule has 0 radical (unpaired) electrons. The van der Waals surface area contributed by atoms with Crippen LogP contribution < -0.4 is 10.6 Å². The number of rotatable bonds is 8. The number of aryl methyl sites for hydroxylation is 3. The van der Waals surface area contributed by atoms with Crippen LogP contribution in [0.1, 0.15) is 57.3 Å². The second-order valence-electron chi connectivity index (χ2n) is 7.73. The van der Waals surface area contributed by atoms with Gasteiger partial charge in [0.1, 0.15) is 0 Å². The minimum absolute atomic E-state index is 0.357. The van der Waals surface area contributed by atoms with E-state index < -0.39 is 0 Å². The van der Waals surface area contributed by atoms with Crippen LogP contribution in [0.4, 0.5) is 0 Å². The summed E-state index contributed by atoms with van der Waals surface area (Å²) in [5, 5.41) is 11.6. The summed E-state index contributed by atoms with van der Waals surface area (Å²) in [7, 11) is 0. The summed E-state index contributed by atoms with van der Waals surface area (Å²) < 4.78 is 8.03. The molecule has 1 heterocycles. The van der Waals surface area contributed by atoms with Crippen LogP contribution in [-0.4, -0.2) is 47.6 Å². The standard InChI is InChI=1S/C20H35N5O/c1-5-21-19(22-11-8-12-25-16(4)13-15(3)24-25)23-17-14-18(26-6-2)20(17)9-7-10-20/h13,17-18H,5-12,14H2,1-4H3,(H2,21,22,23). The maximum atomic E-state index is 5.96. The minimum atomic E-state index is 0.357. The van der Waals surface area contributed by atoms with Gasteiger partial charge in [0.05, 0.1) is 11.8 Å². The molecule has 3 rings (SSSR count). The van der Waals surface area contributed by atoms with Gasteiger partial charge in [-0.05, 0) is 59.4 Å². The van der Waals surface area contributed by atoms with Gasteiger partial charge in [-0.3, -0.25) is 9.67 Å². The van der Waals surface area contributed by atoms with E-state index in [9.17, 15) is 0 Å². The lowest BCUT2D eigenvalue weighted by atomic mass is 9.51. The Bertz CT molecular complexity index is 620. The van der Waals surface area contributed by atoms with E-state index in [0.29, 0.717) is 17.6 Å². The summed E-state index contributed by atoms with van der Waals surface area (Å²) in [6.45, 7) is 11.8. The zero-order valence-corrected chi connectivity index (χ0v) is 16.8. The van der Waals surface area contributed by atoms with E-state index in [4.69, 9.17) is 9.73 Å². The van der Waals surface area contributed by atoms with Gasteiger partial charge >= 0.3 is 0 Å². The predicted molar refractivity (Wildman–Crippen MR) is 106 cm³/mol. The molecule has 2 atom stereocenters. The van der Waals surface area contributed by atoms with E-state index in [1.165, 1.54) is 25.0 Å².